The Morgan fingerprint density at radius 1 is 1.85 bits per heavy atom. The van der Waals surface area contributed by atoms with Gasteiger partial charge in [0.2, 0.25) is 0 Å². The molecule has 0 bridgehead atoms. The lowest BCUT2D eigenvalue weighted by Crippen LogP contribution is -2.44. The molecule has 1 rings (SSSR count). The summed E-state index contributed by atoms with van der Waals surface area (Å²) in [6.45, 7) is 2.40. The first-order valence-electron chi connectivity index (χ1n) is 4.50. The standard InChI is InChI=1S/C8H17N3O2/c1-11-3-2-6(5-11)10-4-7(9)8(12)13/h6-7,10H,2-5,9H2,1H3,(H,12,13). The minimum absolute atomic E-state index is 0.355. The third kappa shape index (κ3) is 3.30. The molecule has 0 aromatic heterocycles. The van der Waals surface area contributed by atoms with Crippen LogP contribution in [0.4, 0.5) is 0 Å². The Kier molecular flexibility index (Phi) is 3.65. The average molecular weight is 187 g/mol. The predicted octanol–water partition coefficient (Wildman–Crippen LogP) is -1.31. The van der Waals surface area contributed by atoms with Crippen LogP contribution in [-0.2, 0) is 4.79 Å². The third-order valence-corrected chi connectivity index (χ3v) is 2.33. The highest BCUT2D eigenvalue weighted by atomic mass is 16.4. The Morgan fingerprint density at radius 2 is 2.54 bits per heavy atom. The van der Waals surface area contributed by atoms with E-state index in [9.17, 15) is 4.79 Å². The molecule has 1 aliphatic rings. The van der Waals surface area contributed by atoms with E-state index in [1.165, 1.54) is 0 Å². The van der Waals surface area contributed by atoms with Gasteiger partial charge in [-0.3, -0.25) is 4.79 Å². The first-order chi connectivity index (χ1) is 6.09. The van der Waals surface area contributed by atoms with Gasteiger partial charge in [-0.15, -0.1) is 0 Å². The van der Waals surface area contributed by atoms with Gasteiger partial charge in [0.15, 0.2) is 0 Å². The van der Waals surface area contributed by atoms with Crippen molar-refractivity contribution in [1.29, 1.82) is 0 Å². The second kappa shape index (κ2) is 4.55. The zero-order valence-electron chi connectivity index (χ0n) is 7.86. The van der Waals surface area contributed by atoms with Gasteiger partial charge >= 0.3 is 5.97 Å². The Morgan fingerprint density at radius 3 is 3.00 bits per heavy atom. The number of rotatable bonds is 4. The van der Waals surface area contributed by atoms with Gasteiger partial charge in [0.05, 0.1) is 0 Å². The van der Waals surface area contributed by atoms with Crippen LogP contribution in [0.1, 0.15) is 6.42 Å². The van der Waals surface area contributed by atoms with Gasteiger partial charge in [0.25, 0.3) is 0 Å². The fourth-order valence-corrected chi connectivity index (χ4v) is 1.48. The van der Waals surface area contributed by atoms with Crippen molar-refractivity contribution < 1.29 is 9.90 Å². The van der Waals surface area contributed by atoms with E-state index in [0.717, 1.165) is 19.5 Å². The maximum atomic E-state index is 10.4. The molecule has 1 aliphatic heterocycles. The minimum Gasteiger partial charge on any atom is -0.480 e. The minimum atomic E-state index is -0.946. The highest BCUT2D eigenvalue weighted by Gasteiger charge is 2.20. The number of hydrogen-bond donors (Lipinski definition) is 3. The second-order valence-corrected chi connectivity index (χ2v) is 3.60. The second-order valence-electron chi connectivity index (χ2n) is 3.60. The van der Waals surface area contributed by atoms with Gasteiger partial charge in [-0.25, -0.2) is 0 Å². The molecular weight excluding hydrogens is 170 g/mol. The van der Waals surface area contributed by atoms with Crippen molar-refractivity contribution in [1.82, 2.24) is 10.2 Å². The molecule has 0 radical (unpaired) electrons. The lowest BCUT2D eigenvalue weighted by atomic mass is 10.2. The lowest BCUT2D eigenvalue weighted by Gasteiger charge is -2.14. The summed E-state index contributed by atoms with van der Waals surface area (Å²) in [5.41, 5.74) is 5.35. The molecule has 1 heterocycles. The quantitative estimate of drug-likeness (QED) is 0.509. The fourth-order valence-electron chi connectivity index (χ4n) is 1.48. The number of nitrogens with zero attached hydrogens (tertiary/aromatic N) is 1. The monoisotopic (exact) mass is 187 g/mol. The van der Waals surface area contributed by atoms with Gasteiger partial charge in [-0.05, 0) is 20.0 Å². The molecule has 0 aromatic rings. The molecule has 2 unspecified atom stereocenters. The SMILES string of the molecule is CN1CCC(NCC(N)C(=O)O)C1. The molecule has 5 heteroatoms. The van der Waals surface area contributed by atoms with Crippen LogP contribution >= 0.6 is 0 Å². The largest absolute Gasteiger partial charge is 0.480 e. The predicted molar refractivity (Wildman–Crippen MR) is 49.5 cm³/mol. The fraction of sp³-hybridized carbons (Fsp3) is 0.875. The van der Waals surface area contributed by atoms with Crippen LogP contribution in [0.15, 0.2) is 0 Å². The maximum Gasteiger partial charge on any atom is 0.321 e. The summed E-state index contributed by atoms with van der Waals surface area (Å²) in [5.74, 6) is -0.946. The number of likely N-dealkylation sites (N-methyl/N-ethyl adjacent to an activating group) is 1. The zero-order valence-corrected chi connectivity index (χ0v) is 7.86. The maximum absolute atomic E-state index is 10.4. The smallest absolute Gasteiger partial charge is 0.321 e. The van der Waals surface area contributed by atoms with Crippen molar-refractivity contribution in [2.75, 3.05) is 26.7 Å². The number of nitrogens with one attached hydrogen (secondary N) is 1. The summed E-state index contributed by atoms with van der Waals surface area (Å²) < 4.78 is 0. The van der Waals surface area contributed by atoms with Gasteiger partial charge in [-0.2, -0.15) is 0 Å². The van der Waals surface area contributed by atoms with Crippen LogP contribution in [0.3, 0.4) is 0 Å². The van der Waals surface area contributed by atoms with Gasteiger partial charge < -0.3 is 21.1 Å². The summed E-state index contributed by atoms with van der Waals surface area (Å²) in [4.78, 5) is 12.6. The summed E-state index contributed by atoms with van der Waals surface area (Å²) in [6.07, 6.45) is 1.07. The average Bonchev–Trinajstić information content (AvgIpc) is 2.47. The molecule has 0 saturated carbocycles. The first kappa shape index (κ1) is 10.4. The molecule has 4 N–H and O–H groups in total. The Labute approximate surface area is 77.9 Å². The van der Waals surface area contributed by atoms with Crippen molar-refractivity contribution >= 4 is 5.97 Å². The number of carbonyl (C=O) groups is 1. The highest BCUT2D eigenvalue weighted by molar-refractivity contribution is 5.73. The molecule has 2 atom stereocenters. The van der Waals surface area contributed by atoms with Crippen LogP contribution in [0, 0.1) is 0 Å². The Bertz CT molecular complexity index is 186. The molecule has 1 fully saturated rings. The van der Waals surface area contributed by atoms with E-state index in [1.54, 1.807) is 0 Å². The van der Waals surface area contributed by atoms with E-state index in [2.05, 4.69) is 17.3 Å². The van der Waals surface area contributed by atoms with E-state index in [1.807, 2.05) is 0 Å². The topological polar surface area (TPSA) is 78.6 Å². The number of hydrogen-bond acceptors (Lipinski definition) is 4. The third-order valence-electron chi connectivity index (χ3n) is 2.33. The van der Waals surface area contributed by atoms with E-state index in [0.29, 0.717) is 12.6 Å². The van der Waals surface area contributed by atoms with Crippen molar-refractivity contribution in [2.45, 2.75) is 18.5 Å². The molecule has 0 aromatic carbocycles. The number of likely N-dealkylation sites (tertiary alicyclic amines) is 1. The molecular formula is C8H17N3O2. The number of carboxylic acid groups (broad SMARTS) is 1. The van der Waals surface area contributed by atoms with E-state index < -0.39 is 12.0 Å². The number of nitrogens with two attached hydrogens (primary N) is 1. The lowest BCUT2D eigenvalue weighted by molar-refractivity contribution is -0.138. The van der Waals surface area contributed by atoms with Crippen LogP contribution in [0.25, 0.3) is 0 Å². The van der Waals surface area contributed by atoms with Crippen LogP contribution in [0.5, 0.6) is 0 Å². The Balaban J connectivity index is 2.16. The zero-order chi connectivity index (χ0) is 9.84. The van der Waals surface area contributed by atoms with Gasteiger partial charge in [-0.1, -0.05) is 0 Å². The molecule has 5 nitrogen and oxygen atoms in total. The summed E-state index contributed by atoms with van der Waals surface area (Å²) in [6, 6.07) is -0.388. The molecule has 13 heavy (non-hydrogen) atoms. The summed E-state index contributed by atoms with van der Waals surface area (Å²) in [7, 11) is 2.05. The van der Waals surface area contributed by atoms with Crippen molar-refractivity contribution in [2.24, 2.45) is 5.73 Å². The molecule has 1 saturated heterocycles. The number of carboxylic acids is 1. The molecule has 0 aliphatic carbocycles. The molecule has 76 valence electrons. The normalized spacial score (nSPS) is 26.2. The number of aliphatic carboxylic acids is 1. The van der Waals surface area contributed by atoms with E-state index in [4.69, 9.17) is 10.8 Å². The van der Waals surface area contributed by atoms with Crippen molar-refractivity contribution in [3.63, 3.8) is 0 Å². The van der Waals surface area contributed by atoms with Crippen molar-refractivity contribution in [3.8, 4) is 0 Å². The van der Waals surface area contributed by atoms with Crippen molar-refractivity contribution in [3.05, 3.63) is 0 Å². The first-order valence-corrected chi connectivity index (χ1v) is 4.50. The summed E-state index contributed by atoms with van der Waals surface area (Å²) >= 11 is 0. The van der Waals surface area contributed by atoms with Crippen LogP contribution in [-0.4, -0.2) is 54.7 Å². The van der Waals surface area contributed by atoms with Crippen LogP contribution < -0.4 is 11.1 Å². The Hall–Kier alpha value is -0.650. The molecule has 0 spiro atoms. The van der Waals surface area contributed by atoms with Crippen LogP contribution in [0.2, 0.25) is 0 Å². The van der Waals surface area contributed by atoms with E-state index >= 15 is 0 Å². The van der Waals surface area contributed by atoms with E-state index in [-0.39, 0.29) is 0 Å². The van der Waals surface area contributed by atoms with Gasteiger partial charge in [0.1, 0.15) is 6.04 Å². The summed E-state index contributed by atoms with van der Waals surface area (Å²) in [5, 5.41) is 11.7. The highest BCUT2D eigenvalue weighted by Crippen LogP contribution is 2.05. The van der Waals surface area contributed by atoms with Gasteiger partial charge in [0, 0.05) is 19.1 Å². The molecule has 0 amide bonds.